The van der Waals surface area contributed by atoms with Gasteiger partial charge < -0.3 is 5.32 Å². The van der Waals surface area contributed by atoms with Gasteiger partial charge in [-0.15, -0.1) is 0 Å². The van der Waals surface area contributed by atoms with Gasteiger partial charge >= 0.3 is 0 Å². The lowest BCUT2D eigenvalue weighted by Gasteiger charge is -2.18. The molecule has 0 radical (unpaired) electrons. The van der Waals surface area contributed by atoms with Crippen molar-refractivity contribution < 1.29 is 4.79 Å². The normalized spacial score (nSPS) is 11.8. The number of nitrogens with one attached hydrogen (secondary N) is 1. The Morgan fingerprint density at radius 2 is 1.83 bits per heavy atom. The van der Waals surface area contributed by atoms with Crippen molar-refractivity contribution in [3.05, 3.63) is 117 Å². The molecule has 1 amide bonds. The summed E-state index contributed by atoms with van der Waals surface area (Å²) in [5.41, 5.74) is 5.25. The van der Waals surface area contributed by atoms with Crippen LogP contribution in [0.25, 0.3) is 22.4 Å². The molecule has 0 fully saturated rings. The second kappa shape index (κ2) is 10.2. The first kappa shape index (κ1) is 25.7. The van der Waals surface area contributed by atoms with Crippen molar-refractivity contribution in [1.29, 1.82) is 0 Å². The molecule has 0 saturated carbocycles. The molecular formula is C31H26N8O2. The van der Waals surface area contributed by atoms with Gasteiger partial charge in [-0.25, -0.2) is 14.5 Å². The van der Waals surface area contributed by atoms with E-state index in [0.29, 0.717) is 45.1 Å². The summed E-state index contributed by atoms with van der Waals surface area (Å²) in [7, 11) is 1.86. The molecular weight excluding hydrogens is 516 g/mol. The summed E-state index contributed by atoms with van der Waals surface area (Å²) >= 11 is 0. The number of aromatic nitrogens is 7. The van der Waals surface area contributed by atoms with E-state index in [1.165, 1.54) is 4.40 Å². The maximum atomic E-state index is 14.2. The maximum absolute atomic E-state index is 14.2. The highest BCUT2D eigenvalue weighted by atomic mass is 16.2. The van der Waals surface area contributed by atoms with Gasteiger partial charge in [0.2, 0.25) is 0 Å². The number of rotatable bonds is 4. The summed E-state index contributed by atoms with van der Waals surface area (Å²) in [6.45, 7) is 5.51. The molecule has 5 heterocycles. The average molecular weight is 543 g/mol. The van der Waals surface area contributed by atoms with E-state index in [1.54, 1.807) is 52.9 Å². The molecule has 0 bridgehead atoms. The van der Waals surface area contributed by atoms with E-state index in [-0.39, 0.29) is 11.5 Å². The Morgan fingerprint density at radius 3 is 2.59 bits per heavy atom. The van der Waals surface area contributed by atoms with Crippen LogP contribution in [0, 0.1) is 25.7 Å². The molecule has 202 valence electrons. The number of nitrogens with zero attached hydrogens (tertiary/aromatic N) is 7. The molecule has 0 aliphatic heterocycles. The number of hydrogen-bond acceptors (Lipinski definition) is 6. The summed E-state index contributed by atoms with van der Waals surface area (Å²) in [4.78, 5) is 36.9. The minimum atomic E-state index is -0.610. The van der Waals surface area contributed by atoms with Crippen LogP contribution in [-0.2, 0) is 7.05 Å². The van der Waals surface area contributed by atoms with Crippen LogP contribution in [0.15, 0.2) is 78.0 Å². The van der Waals surface area contributed by atoms with Crippen molar-refractivity contribution >= 4 is 17.2 Å². The Kier molecular flexibility index (Phi) is 6.40. The van der Waals surface area contributed by atoms with Gasteiger partial charge in [0.25, 0.3) is 11.5 Å². The Morgan fingerprint density at radius 1 is 1.02 bits per heavy atom. The summed E-state index contributed by atoms with van der Waals surface area (Å²) in [6.07, 6.45) is 5.06. The van der Waals surface area contributed by atoms with Gasteiger partial charge in [0, 0.05) is 19.4 Å². The van der Waals surface area contributed by atoms with Crippen LogP contribution < -0.4 is 10.9 Å². The SMILES string of the molecule is Cc1nn2cccnc2c1C(=O)NC(C)c1nc2cccc(C#Cc3cnn(C)c3C)n2c(=O)c1-c1ccccc1. The van der Waals surface area contributed by atoms with E-state index >= 15 is 0 Å². The van der Waals surface area contributed by atoms with Crippen LogP contribution in [0.4, 0.5) is 0 Å². The fourth-order valence-electron chi connectivity index (χ4n) is 4.84. The first-order chi connectivity index (χ1) is 19.8. The van der Waals surface area contributed by atoms with Gasteiger partial charge in [-0.1, -0.05) is 42.3 Å². The summed E-state index contributed by atoms with van der Waals surface area (Å²) < 4.78 is 4.83. The Hall–Kier alpha value is -5.56. The zero-order valence-corrected chi connectivity index (χ0v) is 23.0. The molecule has 0 aliphatic carbocycles. The first-order valence-corrected chi connectivity index (χ1v) is 13.1. The standard InChI is InChI=1S/C31H26N8O2/c1-19-26(29-32-16-9-17-38(29)36-19)30(40)34-20(2)28-27(22-10-6-5-7-11-22)31(41)39-24(12-8-13-25(39)35-28)15-14-23-18-33-37(4)21(23)3/h5-13,16-18,20H,1-4H3,(H,34,40). The van der Waals surface area contributed by atoms with Crippen LogP contribution in [0.5, 0.6) is 0 Å². The topological polar surface area (TPSA) is 111 Å². The third kappa shape index (κ3) is 4.53. The molecule has 1 atom stereocenters. The van der Waals surface area contributed by atoms with Crippen LogP contribution in [0.2, 0.25) is 0 Å². The molecule has 1 aromatic carbocycles. The Balaban J connectivity index is 1.48. The second-order valence-corrected chi connectivity index (χ2v) is 9.71. The number of benzene rings is 1. The van der Waals surface area contributed by atoms with E-state index < -0.39 is 6.04 Å². The molecule has 0 saturated heterocycles. The molecule has 41 heavy (non-hydrogen) atoms. The van der Waals surface area contributed by atoms with Gasteiger partial charge in [-0.2, -0.15) is 10.2 Å². The molecule has 0 aliphatic rings. The molecule has 0 spiro atoms. The number of pyridine rings is 1. The van der Waals surface area contributed by atoms with Gasteiger partial charge in [0.05, 0.1) is 40.4 Å². The minimum absolute atomic E-state index is 0.279. The lowest BCUT2D eigenvalue weighted by atomic mass is 10.0. The highest BCUT2D eigenvalue weighted by Gasteiger charge is 2.25. The number of carbonyl (C=O) groups excluding carboxylic acids is 1. The highest BCUT2D eigenvalue weighted by molar-refractivity contribution is 6.01. The molecule has 1 N–H and O–H groups in total. The summed E-state index contributed by atoms with van der Waals surface area (Å²) in [5.74, 6) is 5.92. The molecule has 10 heteroatoms. The van der Waals surface area contributed by atoms with Crippen molar-refractivity contribution in [2.45, 2.75) is 26.8 Å². The number of aryl methyl sites for hydroxylation is 2. The van der Waals surface area contributed by atoms with Crippen LogP contribution in [0.1, 0.15) is 51.7 Å². The zero-order chi connectivity index (χ0) is 28.7. The fraction of sp³-hybridized carbons (Fsp3) is 0.161. The third-order valence-corrected chi connectivity index (χ3v) is 7.06. The van der Waals surface area contributed by atoms with Gasteiger partial charge in [-0.3, -0.25) is 18.7 Å². The summed E-state index contributed by atoms with van der Waals surface area (Å²) in [5, 5.41) is 11.7. The minimum Gasteiger partial charge on any atom is -0.344 e. The number of carbonyl (C=O) groups is 1. The quantitative estimate of drug-likeness (QED) is 0.341. The predicted octanol–water partition coefficient (Wildman–Crippen LogP) is 3.65. The zero-order valence-electron chi connectivity index (χ0n) is 23.0. The van der Waals surface area contributed by atoms with Crippen LogP contribution in [-0.4, -0.2) is 39.7 Å². The van der Waals surface area contributed by atoms with Crippen molar-refractivity contribution in [1.82, 2.24) is 39.1 Å². The van der Waals surface area contributed by atoms with Gasteiger partial charge in [0.1, 0.15) is 16.9 Å². The highest BCUT2D eigenvalue weighted by Crippen LogP contribution is 2.25. The van der Waals surface area contributed by atoms with Gasteiger partial charge in [0.15, 0.2) is 5.65 Å². The average Bonchev–Trinajstić information content (AvgIpc) is 3.49. The third-order valence-electron chi connectivity index (χ3n) is 7.06. The monoisotopic (exact) mass is 542 g/mol. The van der Waals surface area contributed by atoms with E-state index in [0.717, 1.165) is 11.3 Å². The van der Waals surface area contributed by atoms with Crippen molar-refractivity contribution in [3.8, 4) is 23.0 Å². The molecule has 1 unspecified atom stereocenters. The number of hydrogen-bond donors (Lipinski definition) is 1. The largest absolute Gasteiger partial charge is 0.344 e. The lowest BCUT2D eigenvalue weighted by Crippen LogP contribution is -2.31. The van der Waals surface area contributed by atoms with Crippen molar-refractivity contribution in [2.24, 2.45) is 7.05 Å². The Labute approximate surface area is 235 Å². The molecule has 10 nitrogen and oxygen atoms in total. The molecule has 6 aromatic rings. The Bertz CT molecular complexity index is 2080. The van der Waals surface area contributed by atoms with Gasteiger partial charge in [-0.05, 0) is 50.5 Å². The molecule has 6 rings (SSSR count). The van der Waals surface area contributed by atoms with Crippen molar-refractivity contribution in [3.63, 3.8) is 0 Å². The van der Waals surface area contributed by atoms with Crippen molar-refractivity contribution in [2.75, 3.05) is 0 Å². The number of amides is 1. The first-order valence-electron chi connectivity index (χ1n) is 13.1. The van der Waals surface area contributed by atoms with E-state index in [2.05, 4.69) is 32.3 Å². The smallest absolute Gasteiger partial charge is 0.267 e. The summed E-state index contributed by atoms with van der Waals surface area (Å²) in [6, 6.07) is 15.8. The predicted molar refractivity (Wildman–Crippen MR) is 154 cm³/mol. The van der Waals surface area contributed by atoms with E-state index in [9.17, 15) is 9.59 Å². The molecule has 5 aromatic heterocycles. The fourth-order valence-corrected chi connectivity index (χ4v) is 4.84. The van der Waals surface area contributed by atoms with Crippen LogP contribution in [0.3, 0.4) is 0 Å². The van der Waals surface area contributed by atoms with E-state index in [1.807, 2.05) is 57.3 Å². The number of fused-ring (bicyclic) bond motifs is 2. The van der Waals surface area contributed by atoms with E-state index in [4.69, 9.17) is 4.98 Å². The lowest BCUT2D eigenvalue weighted by molar-refractivity contribution is 0.0940. The van der Waals surface area contributed by atoms with Crippen LogP contribution >= 0.6 is 0 Å². The second-order valence-electron chi connectivity index (χ2n) is 9.71. The maximum Gasteiger partial charge on any atom is 0.267 e.